The van der Waals surface area contributed by atoms with E-state index in [-0.39, 0.29) is 0 Å². The molecule has 0 unspecified atom stereocenters. The number of hydrogen-bond donors (Lipinski definition) is 1. The van der Waals surface area contributed by atoms with Gasteiger partial charge < -0.3 is 5.11 Å². The summed E-state index contributed by atoms with van der Waals surface area (Å²) in [5, 5.41) is 7.42. The zero-order chi connectivity index (χ0) is 8.69. The molecule has 0 amide bonds. The van der Waals surface area contributed by atoms with Gasteiger partial charge >= 0.3 is 60.3 Å². The van der Waals surface area contributed by atoms with Gasteiger partial charge in [0.2, 0.25) is 0 Å². The summed E-state index contributed by atoms with van der Waals surface area (Å²) in [5.74, 6) is -0.833. The summed E-state index contributed by atoms with van der Waals surface area (Å²) in [6.45, 7) is 1.08. The van der Waals surface area contributed by atoms with Crippen LogP contribution < -0.4 is 2.94 Å². The fourth-order valence-corrected chi connectivity index (χ4v) is 0.790. The van der Waals surface area contributed by atoms with Crippen molar-refractivity contribution in [3.8, 4) is 0 Å². The van der Waals surface area contributed by atoms with E-state index in [1.807, 2.05) is 24.4 Å². The maximum atomic E-state index is 9.00. The average Bonchev–Trinajstić information content (AvgIpc) is 1.87. The van der Waals surface area contributed by atoms with Crippen LogP contribution in [-0.4, -0.2) is 44.0 Å². The predicted molar refractivity (Wildman–Crippen MR) is 42.9 cm³/mol. The number of hydrogen-bond acceptors (Lipinski definition) is 2. The Hall–Kier alpha value is -0.380. The Labute approximate surface area is 82.9 Å². The Morgan fingerprint density at radius 2 is 2.18 bits per heavy atom. The van der Waals surface area contributed by atoms with Crippen LogP contribution >= 0.6 is 0 Å². The van der Waals surface area contributed by atoms with Gasteiger partial charge in [-0.25, -0.2) is 0 Å². The molecule has 1 rings (SSSR count). The van der Waals surface area contributed by atoms with E-state index in [9.17, 15) is 0 Å². The number of aromatic nitrogens is 1. The number of nitrogens with zero attached hydrogens (tertiary/aromatic N) is 1. The van der Waals surface area contributed by atoms with Gasteiger partial charge in [0.1, 0.15) is 0 Å². The van der Waals surface area contributed by atoms with E-state index in [2.05, 4.69) is 4.98 Å². The molecule has 11 heavy (non-hydrogen) atoms. The standard InChI is InChI=1S/C5H4N.C2H4O2.Na/c1-2-4-6-5-3-1;1-2(3)4;/h1-4H;1H3,(H,3,4);. The fraction of sp³-hybridized carbons (Fsp3) is 0.143. The van der Waals surface area contributed by atoms with Crippen LogP contribution in [0.1, 0.15) is 6.92 Å². The predicted octanol–water partition coefficient (Wildman–Crippen LogP) is -0.0337. The number of carboxylic acid groups (broad SMARTS) is 1. The van der Waals surface area contributed by atoms with Crippen molar-refractivity contribution in [1.82, 2.24) is 4.98 Å². The third-order valence-corrected chi connectivity index (χ3v) is 1.40. The summed E-state index contributed by atoms with van der Waals surface area (Å²) in [6.07, 6.45) is 1.82. The summed E-state index contributed by atoms with van der Waals surface area (Å²) >= 11 is 1.06. The van der Waals surface area contributed by atoms with Gasteiger partial charge in [0, 0.05) is 6.92 Å². The van der Waals surface area contributed by atoms with Crippen LogP contribution in [-0.2, 0) is 4.79 Å². The van der Waals surface area contributed by atoms with E-state index in [1.165, 1.54) is 2.94 Å². The van der Waals surface area contributed by atoms with Crippen LogP contribution in [0.25, 0.3) is 0 Å². The molecule has 0 spiro atoms. The molecule has 0 aliphatic rings. The van der Waals surface area contributed by atoms with Crippen LogP contribution in [0.4, 0.5) is 0 Å². The Bertz CT molecular complexity index is 209. The Morgan fingerprint density at radius 3 is 2.36 bits per heavy atom. The molecule has 0 fully saturated rings. The molecule has 0 radical (unpaired) electrons. The van der Waals surface area contributed by atoms with Crippen LogP contribution in [0.15, 0.2) is 24.4 Å². The number of carbonyl (C=O) groups is 1. The van der Waals surface area contributed by atoms with Crippen molar-refractivity contribution in [2.24, 2.45) is 0 Å². The van der Waals surface area contributed by atoms with E-state index in [4.69, 9.17) is 9.90 Å². The van der Waals surface area contributed by atoms with E-state index >= 15 is 0 Å². The molecule has 1 N–H and O–H groups in total. The van der Waals surface area contributed by atoms with Crippen molar-refractivity contribution < 1.29 is 9.90 Å². The second-order valence-electron chi connectivity index (χ2n) is 1.99. The third-order valence-electron chi connectivity index (χ3n) is 0.813. The van der Waals surface area contributed by atoms with Crippen LogP contribution in [0.2, 0.25) is 0 Å². The van der Waals surface area contributed by atoms with Crippen LogP contribution in [0, 0.1) is 0 Å². The molecule has 4 heteroatoms. The minimum atomic E-state index is -0.833. The zero-order valence-corrected chi connectivity index (χ0v) is 8.61. The van der Waals surface area contributed by atoms with Crippen LogP contribution in [0.5, 0.6) is 0 Å². The first-order valence-corrected chi connectivity index (χ1v) is 4.20. The van der Waals surface area contributed by atoms with Crippen molar-refractivity contribution in [2.45, 2.75) is 6.92 Å². The second kappa shape index (κ2) is 6.34. The van der Waals surface area contributed by atoms with Gasteiger partial charge in [-0.15, -0.1) is 0 Å². The molecule has 0 saturated carbocycles. The Kier molecular flexibility index (Phi) is 6.12. The van der Waals surface area contributed by atoms with Gasteiger partial charge in [-0.2, -0.15) is 0 Å². The summed E-state index contributed by atoms with van der Waals surface area (Å²) in [5.41, 5.74) is 0. The SMILES string of the molecule is CC(=O)O.[Na][c]1ccccn1. The maximum absolute atomic E-state index is 9.00. The van der Waals surface area contributed by atoms with E-state index in [1.54, 1.807) is 0 Å². The van der Waals surface area contributed by atoms with Gasteiger partial charge in [0.15, 0.2) is 0 Å². The van der Waals surface area contributed by atoms with Crippen molar-refractivity contribution in [3.05, 3.63) is 24.4 Å². The van der Waals surface area contributed by atoms with Crippen molar-refractivity contribution in [1.29, 1.82) is 0 Å². The zero-order valence-electron chi connectivity index (χ0n) is 6.61. The summed E-state index contributed by atoms with van der Waals surface area (Å²) in [4.78, 5) is 13.0. The van der Waals surface area contributed by atoms with Crippen LogP contribution in [0.3, 0.4) is 0 Å². The molecule has 0 aliphatic carbocycles. The first-order valence-electron chi connectivity index (χ1n) is 3.20. The molecular formula is C7H8NNaO2. The first kappa shape index (κ1) is 10.6. The normalized spacial score (nSPS) is 7.91. The molecule has 1 aromatic rings. The number of rotatable bonds is 0. The summed E-state index contributed by atoms with van der Waals surface area (Å²) < 4.78 is 1.21. The number of aliphatic carboxylic acids is 1. The molecule has 0 bridgehead atoms. The summed E-state index contributed by atoms with van der Waals surface area (Å²) in [6, 6.07) is 5.98. The molecule has 1 aromatic heterocycles. The van der Waals surface area contributed by atoms with Gasteiger partial charge in [0.25, 0.3) is 5.97 Å². The Balaban J connectivity index is 0.000000218. The summed E-state index contributed by atoms with van der Waals surface area (Å²) in [7, 11) is 0. The molecule has 1 heterocycles. The topological polar surface area (TPSA) is 50.2 Å². The molecule has 0 aliphatic heterocycles. The van der Waals surface area contributed by atoms with Gasteiger partial charge in [-0.3, -0.25) is 4.79 Å². The first-order chi connectivity index (χ1) is 5.13. The van der Waals surface area contributed by atoms with E-state index < -0.39 is 5.97 Å². The third kappa shape index (κ3) is 9.62. The van der Waals surface area contributed by atoms with Crippen molar-refractivity contribution in [3.63, 3.8) is 0 Å². The number of carboxylic acids is 1. The average molecular weight is 161 g/mol. The number of pyridine rings is 1. The van der Waals surface area contributed by atoms with Crippen molar-refractivity contribution >= 4 is 36.8 Å². The monoisotopic (exact) mass is 161 g/mol. The Morgan fingerprint density at radius 1 is 1.64 bits per heavy atom. The van der Waals surface area contributed by atoms with Gasteiger partial charge in [0.05, 0.1) is 0 Å². The molecule has 0 saturated heterocycles. The van der Waals surface area contributed by atoms with E-state index in [0.717, 1.165) is 34.9 Å². The molecule has 3 nitrogen and oxygen atoms in total. The van der Waals surface area contributed by atoms with Gasteiger partial charge in [-0.1, -0.05) is 0 Å². The molecule has 0 atom stereocenters. The van der Waals surface area contributed by atoms with Gasteiger partial charge in [-0.05, 0) is 0 Å². The van der Waals surface area contributed by atoms with Crippen molar-refractivity contribution in [2.75, 3.05) is 0 Å². The molecule has 0 aromatic carbocycles. The minimum absolute atomic E-state index is 0.833. The molecule has 54 valence electrons. The quantitative estimate of drug-likeness (QED) is 0.543. The van der Waals surface area contributed by atoms with E-state index in [0.29, 0.717) is 0 Å². The molecular weight excluding hydrogens is 153 g/mol. The second-order valence-corrected chi connectivity index (χ2v) is 3.01. The fourth-order valence-electron chi connectivity index (χ4n) is 0.448.